The molecule has 39 heavy (non-hydrogen) atoms. The van der Waals surface area contributed by atoms with Gasteiger partial charge >= 0.3 is 0 Å². The Kier molecular flexibility index (Phi) is 10.6. The van der Waals surface area contributed by atoms with Gasteiger partial charge in [-0.3, -0.25) is 13.9 Å². The summed E-state index contributed by atoms with van der Waals surface area (Å²) in [7, 11) is -2.69. The molecule has 0 aliphatic carbocycles. The third kappa shape index (κ3) is 7.44. The normalized spacial score (nSPS) is 11.9. The second-order valence-corrected chi connectivity index (χ2v) is 11.3. The lowest BCUT2D eigenvalue weighted by molar-refractivity contribution is -0.140. The van der Waals surface area contributed by atoms with Crippen molar-refractivity contribution < 1.29 is 22.7 Å². The number of halogens is 2. The number of hydrogen-bond acceptors (Lipinski definition) is 5. The van der Waals surface area contributed by atoms with Gasteiger partial charge in [0.05, 0.1) is 17.7 Å². The summed E-state index contributed by atoms with van der Waals surface area (Å²) >= 11 is 12.5. The van der Waals surface area contributed by atoms with Crippen LogP contribution in [-0.4, -0.2) is 51.4 Å². The zero-order chi connectivity index (χ0) is 28.6. The minimum Gasteiger partial charge on any atom is -0.497 e. The van der Waals surface area contributed by atoms with E-state index >= 15 is 0 Å². The molecule has 0 aliphatic rings. The van der Waals surface area contributed by atoms with Crippen LogP contribution in [0, 0.1) is 0 Å². The molecule has 208 valence electrons. The molecule has 1 N–H and O–H groups in total. The second-order valence-electron chi connectivity index (χ2n) is 8.60. The number of carbonyl (C=O) groups excluding carboxylic acids is 2. The monoisotopic (exact) mass is 591 g/mol. The Morgan fingerprint density at radius 1 is 0.974 bits per heavy atom. The first-order chi connectivity index (χ1) is 18.6. The maximum absolute atomic E-state index is 13.9. The van der Waals surface area contributed by atoms with E-state index in [4.69, 9.17) is 27.9 Å². The molecule has 0 fully saturated rings. The number of amides is 2. The second kappa shape index (κ2) is 13.7. The van der Waals surface area contributed by atoms with Gasteiger partial charge in [-0.05, 0) is 67.4 Å². The fraction of sp³-hybridized carbons (Fsp3) is 0.286. The molecule has 1 unspecified atom stereocenters. The minimum atomic E-state index is -4.17. The third-order valence-electron chi connectivity index (χ3n) is 6.06. The highest BCUT2D eigenvalue weighted by Crippen LogP contribution is 2.27. The summed E-state index contributed by atoms with van der Waals surface area (Å²) in [5, 5.41) is 3.52. The van der Waals surface area contributed by atoms with Crippen molar-refractivity contribution in [3.63, 3.8) is 0 Å². The number of likely N-dealkylation sites (N-methyl/N-ethyl adjacent to an activating group) is 1. The van der Waals surface area contributed by atoms with Crippen molar-refractivity contribution in [2.75, 3.05) is 24.5 Å². The standard InChI is InChI=1S/C28H31Cl2N3O5S/c1-4-26(28(35)31-5-2)32(18-20-11-12-21(29)17-25(20)30)27(34)19-33(22-9-7-6-8-10-22)39(36,37)24-15-13-23(38-3)14-16-24/h6-17,26H,4-5,18-19H2,1-3H3,(H,31,35). The highest BCUT2D eigenvalue weighted by Gasteiger charge is 2.33. The molecule has 0 saturated carbocycles. The molecular formula is C28H31Cl2N3O5S. The zero-order valence-electron chi connectivity index (χ0n) is 21.9. The number of ether oxygens (including phenoxy) is 1. The van der Waals surface area contributed by atoms with Gasteiger partial charge in [0.1, 0.15) is 18.3 Å². The number of hydrogen-bond donors (Lipinski definition) is 1. The molecule has 3 aromatic rings. The fourth-order valence-corrected chi connectivity index (χ4v) is 5.93. The van der Waals surface area contributed by atoms with Crippen molar-refractivity contribution in [3.05, 3.63) is 88.4 Å². The third-order valence-corrected chi connectivity index (χ3v) is 8.44. The molecule has 3 rings (SSSR count). The molecule has 11 heteroatoms. The molecule has 1 atom stereocenters. The molecule has 0 aliphatic heterocycles. The molecule has 0 aromatic heterocycles. The molecule has 2 amide bonds. The maximum Gasteiger partial charge on any atom is 0.264 e. The van der Waals surface area contributed by atoms with Crippen LogP contribution >= 0.6 is 23.2 Å². The van der Waals surface area contributed by atoms with Crippen LogP contribution in [0.4, 0.5) is 5.69 Å². The highest BCUT2D eigenvalue weighted by atomic mass is 35.5. The maximum atomic E-state index is 13.9. The number of rotatable bonds is 12. The van der Waals surface area contributed by atoms with Gasteiger partial charge in [-0.15, -0.1) is 0 Å². The first kappa shape index (κ1) is 30.3. The number of nitrogens with one attached hydrogen (secondary N) is 1. The molecule has 0 heterocycles. The zero-order valence-corrected chi connectivity index (χ0v) is 24.3. The van der Waals surface area contributed by atoms with Gasteiger partial charge in [0.2, 0.25) is 11.8 Å². The van der Waals surface area contributed by atoms with Gasteiger partial charge in [-0.1, -0.05) is 54.4 Å². The summed E-state index contributed by atoms with van der Waals surface area (Å²) in [6, 6.07) is 18.3. The first-order valence-corrected chi connectivity index (χ1v) is 14.5. The van der Waals surface area contributed by atoms with Crippen LogP contribution < -0.4 is 14.4 Å². The number of methoxy groups -OCH3 is 1. The minimum absolute atomic E-state index is 0.0111. The van der Waals surface area contributed by atoms with Crippen LogP contribution in [0.15, 0.2) is 77.7 Å². The van der Waals surface area contributed by atoms with E-state index in [1.54, 1.807) is 62.4 Å². The van der Waals surface area contributed by atoms with Crippen LogP contribution in [0.2, 0.25) is 10.0 Å². The SMILES string of the molecule is CCNC(=O)C(CC)N(Cc1ccc(Cl)cc1Cl)C(=O)CN(c1ccccc1)S(=O)(=O)c1ccc(OC)cc1. The van der Waals surface area contributed by atoms with Crippen molar-refractivity contribution in [2.45, 2.75) is 37.8 Å². The Balaban J connectivity index is 2.05. The Morgan fingerprint density at radius 3 is 2.21 bits per heavy atom. The van der Waals surface area contributed by atoms with E-state index in [1.807, 2.05) is 0 Å². The molecule has 3 aromatic carbocycles. The van der Waals surface area contributed by atoms with Crippen LogP contribution in [0.3, 0.4) is 0 Å². The predicted molar refractivity (Wildman–Crippen MR) is 154 cm³/mol. The van der Waals surface area contributed by atoms with Gasteiger partial charge in [0.25, 0.3) is 10.0 Å². The quantitative estimate of drug-likeness (QED) is 0.314. The summed E-state index contributed by atoms with van der Waals surface area (Å²) in [4.78, 5) is 28.3. The predicted octanol–water partition coefficient (Wildman–Crippen LogP) is 5.14. The van der Waals surface area contributed by atoms with Gasteiger partial charge in [-0.25, -0.2) is 8.42 Å². The van der Waals surface area contributed by atoms with Crippen LogP contribution in [0.1, 0.15) is 25.8 Å². The molecule has 0 spiro atoms. The lowest BCUT2D eigenvalue weighted by Crippen LogP contribution is -2.52. The average molecular weight is 593 g/mol. The lowest BCUT2D eigenvalue weighted by atomic mass is 10.1. The van der Waals surface area contributed by atoms with Crippen LogP contribution in [-0.2, 0) is 26.2 Å². The van der Waals surface area contributed by atoms with Gasteiger partial charge in [0.15, 0.2) is 0 Å². The topological polar surface area (TPSA) is 96.0 Å². The van der Waals surface area contributed by atoms with Crippen LogP contribution in [0.5, 0.6) is 5.75 Å². The summed E-state index contributed by atoms with van der Waals surface area (Å²) in [5.41, 5.74) is 0.874. The first-order valence-electron chi connectivity index (χ1n) is 12.3. The molecule has 0 bridgehead atoms. The number of sulfonamides is 1. The summed E-state index contributed by atoms with van der Waals surface area (Å²) in [5.74, 6) is -0.419. The van der Waals surface area contributed by atoms with Gasteiger partial charge in [-0.2, -0.15) is 0 Å². The van der Waals surface area contributed by atoms with Gasteiger partial charge in [0, 0.05) is 23.1 Å². The van der Waals surface area contributed by atoms with E-state index < -0.39 is 28.5 Å². The summed E-state index contributed by atoms with van der Waals surface area (Å²) in [6.45, 7) is 3.38. The van der Waals surface area contributed by atoms with Crippen molar-refractivity contribution in [1.29, 1.82) is 0 Å². The van der Waals surface area contributed by atoms with E-state index in [1.165, 1.54) is 36.3 Å². The van der Waals surface area contributed by atoms with Crippen molar-refractivity contribution in [1.82, 2.24) is 10.2 Å². The molecule has 0 saturated heterocycles. The van der Waals surface area contributed by atoms with Gasteiger partial charge < -0.3 is 15.0 Å². The Labute approximate surface area is 239 Å². The van der Waals surface area contributed by atoms with E-state index in [2.05, 4.69) is 5.32 Å². The smallest absolute Gasteiger partial charge is 0.264 e. The fourth-order valence-electron chi connectivity index (χ4n) is 4.04. The lowest BCUT2D eigenvalue weighted by Gasteiger charge is -2.33. The average Bonchev–Trinajstić information content (AvgIpc) is 2.93. The van der Waals surface area contributed by atoms with E-state index in [9.17, 15) is 18.0 Å². The Bertz CT molecular complexity index is 1390. The Morgan fingerprint density at radius 2 is 1.64 bits per heavy atom. The summed E-state index contributed by atoms with van der Waals surface area (Å²) < 4.78 is 33.8. The number of carbonyl (C=O) groups is 2. The van der Waals surface area contributed by atoms with E-state index in [0.717, 1.165) is 4.31 Å². The molecular weight excluding hydrogens is 561 g/mol. The van der Waals surface area contributed by atoms with Crippen molar-refractivity contribution in [2.24, 2.45) is 0 Å². The number of nitrogens with zero attached hydrogens (tertiary/aromatic N) is 2. The van der Waals surface area contributed by atoms with Crippen molar-refractivity contribution in [3.8, 4) is 5.75 Å². The largest absolute Gasteiger partial charge is 0.497 e. The van der Waals surface area contributed by atoms with Crippen molar-refractivity contribution >= 4 is 50.7 Å². The van der Waals surface area contributed by atoms with E-state index in [0.29, 0.717) is 40.0 Å². The highest BCUT2D eigenvalue weighted by molar-refractivity contribution is 7.92. The van der Waals surface area contributed by atoms with Crippen LogP contribution in [0.25, 0.3) is 0 Å². The molecule has 0 radical (unpaired) electrons. The summed E-state index contributed by atoms with van der Waals surface area (Å²) in [6.07, 6.45) is 0.305. The number of anilines is 1. The molecule has 8 nitrogen and oxygen atoms in total. The number of benzene rings is 3. The van der Waals surface area contributed by atoms with E-state index in [-0.39, 0.29) is 17.3 Å². The Hall–Kier alpha value is -3.27. The number of para-hydroxylation sites is 1.